The number of nitrogens with zero attached hydrogens (tertiary/aromatic N) is 1. The van der Waals surface area contributed by atoms with E-state index in [4.69, 9.17) is 4.21 Å². The average Bonchev–Trinajstić information content (AvgIpc) is 2.54. The van der Waals surface area contributed by atoms with Crippen molar-refractivity contribution >= 4 is 36.3 Å². The summed E-state index contributed by atoms with van der Waals surface area (Å²) in [6.07, 6.45) is 6.46. The molecule has 0 aromatic heterocycles. The van der Waals surface area contributed by atoms with Gasteiger partial charge >= 0.3 is 8.03 Å². The molecule has 1 aliphatic heterocycles. The Morgan fingerprint density at radius 1 is 1.04 bits per heavy atom. The Kier molecular flexibility index (Phi) is 5.70. The molecule has 2 rings (SSSR count). The van der Waals surface area contributed by atoms with Crippen LogP contribution in [0.3, 0.4) is 0 Å². The van der Waals surface area contributed by atoms with E-state index in [9.17, 15) is 4.57 Å². The molecule has 2 fully saturated rings. The average molecular weight is 393 g/mol. The van der Waals surface area contributed by atoms with Crippen LogP contribution in [-0.4, -0.2) is 36.5 Å². The summed E-state index contributed by atoms with van der Waals surface area (Å²) in [4.78, 5) is 0.199. The smallest absolute Gasteiger partial charge is 0.264 e. The van der Waals surface area contributed by atoms with Crippen molar-refractivity contribution < 1.29 is 8.78 Å². The van der Waals surface area contributed by atoms with Crippen LogP contribution in [0.15, 0.2) is 0 Å². The molecule has 1 heterocycles. The third-order valence-electron chi connectivity index (χ3n) is 4.68. The molecule has 1 aliphatic carbocycles. The van der Waals surface area contributed by atoms with E-state index in [2.05, 4.69) is 69.5 Å². The van der Waals surface area contributed by atoms with E-state index in [1.165, 1.54) is 32.1 Å². The van der Waals surface area contributed by atoms with Crippen molar-refractivity contribution in [2.75, 3.05) is 0 Å². The molecule has 134 valence electrons. The second-order valence-electron chi connectivity index (χ2n) is 9.62. The first-order valence-corrected chi connectivity index (χ1v) is 17.9. The summed E-state index contributed by atoms with van der Waals surface area (Å²) in [6, 6.07) is 0. The molecule has 0 amide bonds. The summed E-state index contributed by atoms with van der Waals surface area (Å²) >= 11 is 2.10. The Morgan fingerprint density at radius 3 is 2.00 bits per heavy atom. The Balaban J connectivity index is 2.43. The summed E-state index contributed by atoms with van der Waals surface area (Å²) < 4.78 is 22.1. The second kappa shape index (κ2) is 6.51. The molecular weight excluding hydrogens is 357 g/mol. The first-order chi connectivity index (χ1) is 10.3. The van der Waals surface area contributed by atoms with Crippen LogP contribution in [0, 0.1) is 0 Å². The standard InChI is InChI=1S/C16H35NO2PSSi2/c1-15(2)14(20(18)19-23(6,7)8)17(22(3,4)5)16(21-15)12-10-9-11-13-16/h14H,9-13H2,1-8H3/q+1. The predicted molar refractivity (Wildman–Crippen MR) is 108 cm³/mol. The van der Waals surface area contributed by atoms with E-state index >= 15 is 0 Å². The maximum atomic E-state index is 13.3. The molecule has 1 saturated carbocycles. The summed E-state index contributed by atoms with van der Waals surface area (Å²) in [6.45, 7) is 18.3. The van der Waals surface area contributed by atoms with E-state index in [-0.39, 0.29) is 15.4 Å². The molecular formula is C16H35NO2PSSi2+. The summed E-state index contributed by atoms with van der Waals surface area (Å²) in [5.74, 6) is 0.0546. The molecule has 2 aliphatic rings. The molecule has 0 aromatic rings. The first kappa shape index (κ1) is 20.1. The van der Waals surface area contributed by atoms with Gasteiger partial charge in [-0.2, -0.15) is 0 Å². The van der Waals surface area contributed by atoms with Gasteiger partial charge < -0.3 is 0 Å². The van der Waals surface area contributed by atoms with Gasteiger partial charge in [0, 0.05) is 0 Å². The maximum Gasteiger partial charge on any atom is 0.516 e. The van der Waals surface area contributed by atoms with Crippen molar-refractivity contribution in [1.29, 1.82) is 0 Å². The monoisotopic (exact) mass is 392 g/mol. The van der Waals surface area contributed by atoms with Crippen LogP contribution in [0.1, 0.15) is 46.0 Å². The van der Waals surface area contributed by atoms with Gasteiger partial charge in [-0.1, -0.05) is 38.9 Å². The van der Waals surface area contributed by atoms with Crippen molar-refractivity contribution in [2.24, 2.45) is 0 Å². The predicted octanol–water partition coefficient (Wildman–Crippen LogP) is 6.23. The van der Waals surface area contributed by atoms with E-state index < -0.39 is 24.6 Å². The zero-order valence-electron chi connectivity index (χ0n) is 16.2. The van der Waals surface area contributed by atoms with Gasteiger partial charge in [-0.15, -0.1) is 11.8 Å². The first-order valence-electron chi connectivity index (χ1n) is 8.94. The van der Waals surface area contributed by atoms with Crippen LogP contribution < -0.4 is 0 Å². The van der Waals surface area contributed by atoms with E-state index in [1.807, 2.05) is 0 Å². The molecule has 1 saturated heterocycles. The lowest BCUT2D eigenvalue weighted by Gasteiger charge is -2.46. The quantitative estimate of drug-likeness (QED) is 0.419. The fourth-order valence-corrected chi connectivity index (χ4v) is 15.0. The van der Waals surface area contributed by atoms with E-state index in [1.54, 1.807) is 0 Å². The maximum absolute atomic E-state index is 13.3. The van der Waals surface area contributed by atoms with Crippen LogP contribution >= 0.6 is 19.8 Å². The van der Waals surface area contributed by atoms with Crippen LogP contribution in [-0.2, 0) is 8.78 Å². The lowest BCUT2D eigenvalue weighted by molar-refractivity contribution is 0.204. The lowest BCUT2D eigenvalue weighted by atomic mass is 9.94. The molecule has 0 N–H and O–H groups in total. The molecule has 2 unspecified atom stereocenters. The molecule has 7 heteroatoms. The number of rotatable bonds is 4. The highest BCUT2D eigenvalue weighted by molar-refractivity contribution is 8.02. The van der Waals surface area contributed by atoms with Gasteiger partial charge in [0.05, 0.1) is 9.62 Å². The molecule has 0 bridgehead atoms. The largest absolute Gasteiger partial charge is 0.516 e. The molecule has 0 radical (unpaired) electrons. The lowest BCUT2D eigenvalue weighted by Crippen LogP contribution is -2.60. The van der Waals surface area contributed by atoms with Crippen LogP contribution in [0.25, 0.3) is 0 Å². The van der Waals surface area contributed by atoms with Gasteiger partial charge in [0.25, 0.3) is 8.32 Å². The third kappa shape index (κ3) is 4.32. The van der Waals surface area contributed by atoms with Gasteiger partial charge in [0.1, 0.15) is 8.24 Å². The molecule has 1 spiro atoms. The fraction of sp³-hybridized carbons (Fsp3) is 1.00. The van der Waals surface area contributed by atoms with Gasteiger partial charge in [-0.3, -0.25) is 4.57 Å². The van der Waals surface area contributed by atoms with Crippen molar-refractivity contribution in [3.05, 3.63) is 0 Å². The van der Waals surface area contributed by atoms with Gasteiger partial charge in [0.2, 0.25) is 5.78 Å². The van der Waals surface area contributed by atoms with E-state index in [0.717, 1.165) is 0 Å². The summed E-state index contributed by atoms with van der Waals surface area (Å²) in [5, 5.41) is 0. The normalized spacial score (nSPS) is 29.0. The zero-order chi connectivity index (χ0) is 17.7. The molecule has 2 atom stereocenters. The van der Waals surface area contributed by atoms with Gasteiger partial charge in [0.15, 0.2) is 0 Å². The Labute approximate surface area is 150 Å². The Hall–Kier alpha value is 0.804. The minimum Gasteiger partial charge on any atom is -0.264 e. The zero-order valence-corrected chi connectivity index (χ0v) is 19.9. The van der Waals surface area contributed by atoms with Crippen LogP contribution in [0.4, 0.5) is 0 Å². The Bertz CT molecular complexity index is 468. The van der Waals surface area contributed by atoms with Crippen molar-refractivity contribution in [1.82, 2.24) is 4.57 Å². The SMILES string of the molecule is CC1(C)SC2(CCCCC2)N([Si](C)(C)C)C1[P+](=O)O[Si](C)(C)C. The Morgan fingerprint density at radius 2 is 1.57 bits per heavy atom. The highest BCUT2D eigenvalue weighted by Crippen LogP contribution is 2.64. The molecule has 0 aromatic carbocycles. The highest BCUT2D eigenvalue weighted by atomic mass is 32.2. The van der Waals surface area contributed by atoms with Gasteiger partial charge in [-0.25, -0.2) is 4.21 Å². The minimum atomic E-state index is -1.80. The topological polar surface area (TPSA) is 29.5 Å². The minimum absolute atomic E-state index is 0.00920. The van der Waals surface area contributed by atoms with Crippen LogP contribution in [0.5, 0.6) is 0 Å². The number of hydrogen-bond acceptors (Lipinski definition) is 4. The summed E-state index contributed by atoms with van der Waals surface area (Å²) in [5.41, 5.74) is 0. The second-order valence-corrected chi connectivity index (χ2v) is 22.5. The van der Waals surface area contributed by atoms with Gasteiger partial charge in [-0.05, 0) is 50.9 Å². The van der Waals surface area contributed by atoms with E-state index in [0.29, 0.717) is 0 Å². The van der Waals surface area contributed by atoms with Crippen LogP contribution in [0.2, 0.25) is 39.3 Å². The number of hydrogen-bond donors (Lipinski definition) is 0. The molecule has 3 nitrogen and oxygen atoms in total. The van der Waals surface area contributed by atoms with Crippen molar-refractivity contribution in [2.45, 2.75) is 101 Å². The number of thioether (sulfide) groups is 1. The van der Waals surface area contributed by atoms with Crippen molar-refractivity contribution in [3.63, 3.8) is 0 Å². The molecule has 23 heavy (non-hydrogen) atoms. The fourth-order valence-electron chi connectivity index (χ4n) is 4.22. The third-order valence-corrected chi connectivity index (χ3v) is 13.3. The highest BCUT2D eigenvalue weighted by Gasteiger charge is 2.67. The van der Waals surface area contributed by atoms with Crippen molar-refractivity contribution in [3.8, 4) is 0 Å². The summed E-state index contributed by atoms with van der Waals surface area (Å²) in [7, 11) is -5.07.